The van der Waals surface area contributed by atoms with Crippen LogP contribution in [0.15, 0.2) is 54.6 Å². The van der Waals surface area contributed by atoms with Gasteiger partial charge in [0.2, 0.25) is 0 Å². The highest BCUT2D eigenvalue weighted by molar-refractivity contribution is 5.97. The van der Waals surface area contributed by atoms with Crippen LogP contribution in [0.2, 0.25) is 0 Å². The number of β-amino-alcohol motifs (C(OH)–C–C–N with tert-alkyl or cyclic N) is 1. The van der Waals surface area contributed by atoms with E-state index in [2.05, 4.69) is 39.4 Å². The van der Waals surface area contributed by atoms with Crippen LogP contribution in [0.25, 0.3) is 0 Å². The van der Waals surface area contributed by atoms with Gasteiger partial charge in [-0.1, -0.05) is 36.4 Å². The highest BCUT2D eigenvalue weighted by Gasteiger charge is 2.27. The zero-order valence-electron chi connectivity index (χ0n) is 16.0. The molecule has 0 aliphatic carbocycles. The molecule has 0 aromatic heterocycles. The first-order chi connectivity index (χ1) is 13.7. The van der Waals surface area contributed by atoms with Gasteiger partial charge >= 0.3 is 0 Å². The fourth-order valence-electron chi connectivity index (χ4n) is 3.87. The highest BCUT2D eigenvalue weighted by Crippen LogP contribution is 2.23. The summed E-state index contributed by atoms with van der Waals surface area (Å²) in [6, 6.07) is 18.2. The fraction of sp³-hybridized carbons (Fsp3) is 0.409. The second-order valence-corrected chi connectivity index (χ2v) is 7.45. The maximum absolute atomic E-state index is 12.2. The Morgan fingerprint density at radius 3 is 2.54 bits per heavy atom. The van der Waals surface area contributed by atoms with Crippen LogP contribution in [0.5, 0.6) is 0 Å². The summed E-state index contributed by atoms with van der Waals surface area (Å²) in [4.78, 5) is 16.8. The SMILES string of the molecule is O=C1Nc2ccccc2CC1OCC(O)CN1CCN(c2ccccc2)CC1. The number of ether oxygens (including phenoxy) is 1. The second kappa shape index (κ2) is 8.73. The van der Waals surface area contributed by atoms with Crippen LogP contribution in [0, 0.1) is 0 Å². The molecule has 6 heteroatoms. The molecule has 2 aromatic carbocycles. The van der Waals surface area contributed by atoms with Gasteiger partial charge in [0, 0.05) is 50.5 Å². The van der Waals surface area contributed by atoms with E-state index in [1.165, 1.54) is 5.69 Å². The Morgan fingerprint density at radius 1 is 1.04 bits per heavy atom. The van der Waals surface area contributed by atoms with Gasteiger partial charge in [-0.2, -0.15) is 0 Å². The molecule has 2 heterocycles. The Morgan fingerprint density at radius 2 is 1.75 bits per heavy atom. The minimum atomic E-state index is -0.603. The second-order valence-electron chi connectivity index (χ2n) is 7.45. The minimum absolute atomic E-state index is 0.137. The standard InChI is InChI=1S/C22H27N3O3/c26-19(15-24-10-12-25(13-11-24)18-7-2-1-3-8-18)16-28-21-14-17-6-4-5-9-20(17)23-22(21)27/h1-9,19,21,26H,10-16H2,(H,23,27). The van der Waals surface area contributed by atoms with Crippen molar-refractivity contribution in [3.8, 4) is 0 Å². The molecule has 28 heavy (non-hydrogen) atoms. The highest BCUT2D eigenvalue weighted by atomic mass is 16.5. The van der Waals surface area contributed by atoms with Gasteiger partial charge in [-0.05, 0) is 23.8 Å². The Hall–Kier alpha value is -2.41. The molecule has 1 amide bonds. The van der Waals surface area contributed by atoms with Gasteiger partial charge in [-0.3, -0.25) is 9.69 Å². The Labute approximate surface area is 165 Å². The molecule has 2 aliphatic rings. The van der Waals surface area contributed by atoms with Crippen LogP contribution >= 0.6 is 0 Å². The van der Waals surface area contributed by atoms with Crippen molar-refractivity contribution in [1.82, 2.24) is 4.90 Å². The number of carbonyl (C=O) groups excluding carboxylic acids is 1. The number of nitrogens with one attached hydrogen (secondary N) is 1. The number of fused-ring (bicyclic) bond motifs is 1. The van der Waals surface area contributed by atoms with Crippen LogP contribution < -0.4 is 10.2 Å². The molecule has 0 spiro atoms. The van der Waals surface area contributed by atoms with Crippen LogP contribution in [0.1, 0.15) is 5.56 Å². The first kappa shape index (κ1) is 18.9. The Kier molecular flexibility index (Phi) is 5.90. The van der Waals surface area contributed by atoms with Gasteiger partial charge < -0.3 is 20.1 Å². The number of carbonyl (C=O) groups is 1. The van der Waals surface area contributed by atoms with E-state index in [1.54, 1.807) is 0 Å². The lowest BCUT2D eigenvalue weighted by Crippen LogP contribution is -2.49. The largest absolute Gasteiger partial charge is 0.389 e. The summed E-state index contributed by atoms with van der Waals surface area (Å²) in [7, 11) is 0. The number of hydrogen-bond acceptors (Lipinski definition) is 5. The minimum Gasteiger partial charge on any atom is -0.389 e. The van der Waals surface area contributed by atoms with E-state index in [0.717, 1.165) is 37.4 Å². The van der Waals surface area contributed by atoms with E-state index in [4.69, 9.17) is 4.74 Å². The molecule has 2 aromatic rings. The Balaban J connectivity index is 1.21. The normalized spacial score (nSPS) is 21.1. The van der Waals surface area contributed by atoms with Crippen molar-refractivity contribution < 1.29 is 14.6 Å². The molecule has 0 radical (unpaired) electrons. The lowest BCUT2D eigenvalue weighted by Gasteiger charge is -2.37. The summed E-state index contributed by atoms with van der Waals surface area (Å²) in [6.45, 7) is 4.43. The number of benzene rings is 2. The molecule has 2 unspecified atom stereocenters. The van der Waals surface area contributed by atoms with Crippen molar-refractivity contribution in [3.05, 3.63) is 60.2 Å². The maximum Gasteiger partial charge on any atom is 0.253 e. The van der Waals surface area contributed by atoms with Crippen LogP contribution in [-0.4, -0.2) is 67.5 Å². The molecule has 0 saturated carbocycles. The zero-order valence-corrected chi connectivity index (χ0v) is 16.0. The summed E-state index contributed by atoms with van der Waals surface area (Å²) in [6.07, 6.45) is -0.600. The number of hydrogen-bond donors (Lipinski definition) is 2. The number of nitrogens with zero attached hydrogens (tertiary/aromatic N) is 2. The van der Waals surface area contributed by atoms with Gasteiger partial charge in [0.25, 0.3) is 5.91 Å². The third-order valence-corrected chi connectivity index (χ3v) is 5.43. The summed E-state index contributed by atoms with van der Waals surface area (Å²) in [5.41, 5.74) is 3.16. The summed E-state index contributed by atoms with van der Waals surface area (Å²) in [5.74, 6) is -0.137. The van der Waals surface area contributed by atoms with Gasteiger partial charge in [-0.15, -0.1) is 0 Å². The number of para-hydroxylation sites is 2. The molecule has 2 aliphatic heterocycles. The quantitative estimate of drug-likeness (QED) is 0.798. The van der Waals surface area contributed by atoms with Gasteiger partial charge in [0.1, 0.15) is 6.10 Å². The molecule has 1 fully saturated rings. The number of piperazine rings is 1. The van der Waals surface area contributed by atoms with E-state index in [-0.39, 0.29) is 12.5 Å². The lowest BCUT2D eigenvalue weighted by atomic mass is 10.0. The van der Waals surface area contributed by atoms with Crippen LogP contribution in [0.4, 0.5) is 11.4 Å². The molecule has 1 saturated heterocycles. The predicted molar refractivity (Wildman–Crippen MR) is 110 cm³/mol. The lowest BCUT2D eigenvalue weighted by molar-refractivity contribution is -0.130. The van der Waals surface area contributed by atoms with E-state index < -0.39 is 12.2 Å². The molecule has 0 bridgehead atoms. The molecule has 6 nitrogen and oxygen atoms in total. The molecular formula is C22H27N3O3. The molecular weight excluding hydrogens is 354 g/mol. The van der Waals surface area contributed by atoms with Crippen molar-refractivity contribution in [3.63, 3.8) is 0 Å². The third kappa shape index (κ3) is 4.52. The van der Waals surface area contributed by atoms with Crippen molar-refractivity contribution in [2.45, 2.75) is 18.6 Å². The molecule has 148 valence electrons. The summed E-state index contributed by atoms with van der Waals surface area (Å²) >= 11 is 0. The first-order valence-corrected chi connectivity index (χ1v) is 9.90. The Bertz CT molecular complexity index is 791. The third-order valence-electron chi connectivity index (χ3n) is 5.43. The van der Waals surface area contributed by atoms with Gasteiger partial charge in [-0.25, -0.2) is 0 Å². The summed E-state index contributed by atoms with van der Waals surface area (Å²) in [5, 5.41) is 13.3. The van der Waals surface area contributed by atoms with E-state index in [1.807, 2.05) is 30.3 Å². The number of anilines is 2. The van der Waals surface area contributed by atoms with E-state index >= 15 is 0 Å². The average Bonchev–Trinajstić information content (AvgIpc) is 2.73. The zero-order chi connectivity index (χ0) is 19.3. The number of aliphatic hydroxyl groups is 1. The van der Waals surface area contributed by atoms with Crippen LogP contribution in [0.3, 0.4) is 0 Å². The molecule has 4 rings (SSSR count). The van der Waals surface area contributed by atoms with Gasteiger partial charge in [0.05, 0.1) is 12.7 Å². The smallest absolute Gasteiger partial charge is 0.253 e. The number of rotatable bonds is 6. The van der Waals surface area contributed by atoms with Crippen molar-refractivity contribution in [1.29, 1.82) is 0 Å². The first-order valence-electron chi connectivity index (χ1n) is 9.90. The summed E-state index contributed by atoms with van der Waals surface area (Å²) < 4.78 is 5.75. The average molecular weight is 381 g/mol. The van der Waals surface area contributed by atoms with Crippen molar-refractivity contribution >= 4 is 17.3 Å². The monoisotopic (exact) mass is 381 g/mol. The van der Waals surface area contributed by atoms with Crippen molar-refractivity contribution in [2.75, 3.05) is 49.5 Å². The predicted octanol–water partition coefficient (Wildman–Crippen LogP) is 1.75. The molecule has 2 N–H and O–H groups in total. The maximum atomic E-state index is 12.2. The topological polar surface area (TPSA) is 65.0 Å². The van der Waals surface area contributed by atoms with Crippen LogP contribution in [-0.2, 0) is 16.0 Å². The van der Waals surface area contributed by atoms with Crippen molar-refractivity contribution in [2.24, 2.45) is 0 Å². The van der Waals surface area contributed by atoms with E-state index in [0.29, 0.717) is 13.0 Å². The van der Waals surface area contributed by atoms with Gasteiger partial charge in [0.15, 0.2) is 0 Å². The number of aliphatic hydroxyl groups excluding tert-OH is 1. The number of amides is 1. The fourth-order valence-corrected chi connectivity index (χ4v) is 3.87. The molecule has 2 atom stereocenters. The van der Waals surface area contributed by atoms with E-state index in [9.17, 15) is 9.90 Å².